The van der Waals surface area contributed by atoms with Crippen LogP contribution in [0.5, 0.6) is 5.75 Å². The number of anilines is 1. The fraction of sp³-hybridized carbons (Fsp3) is 0.429. The van der Waals surface area contributed by atoms with Gasteiger partial charge in [0, 0.05) is 25.0 Å². The van der Waals surface area contributed by atoms with Crippen LogP contribution in [0.25, 0.3) is 0 Å². The second kappa shape index (κ2) is 9.09. The number of carbonyl (C=O) groups is 1. The smallest absolute Gasteiger partial charge is 0.321 e. The van der Waals surface area contributed by atoms with Gasteiger partial charge in [0.05, 0.1) is 10.7 Å². The molecule has 27 heavy (non-hydrogen) atoms. The molecule has 2 amide bonds. The molecule has 1 heterocycles. The molecule has 1 aliphatic rings. The van der Waals surface area contributed by atoms with Gasteiger partial charge in [-0.15, -0.1) is 0 Å². The van der Waals surface area contributed by atoms with Crippen molar-refractivity contribution in [3.8, 4) is 5.75 Å². The van der Waals surface area contributed by atoms with Crippen LogP contribution in [-0.2, 0) is 6.61 Å². The highest BCUT2D eigenvalue weighted by Crippen LogP contribution is 2.30. The molecule has 6 heteroatoms. The standard InChI is InChI=1S/C21H26ClN3O2/c1-15-7-3-4-9-19(15)25(2)21(26)24-16-10-11-20(18(22)13-16)27-14-17-8-5-6-12-23-17/h5-6,8,10-13,15,19H,3-4,7,9,14H2,1-2H3,(H,24,26). The van der Waals surface area contributed by atoms with E-state index >= 15 is 0 Å². The SMILES string of the molecule is CC1CCCCC1N(C)C(=O)Nc1ccc(OCc2ccccn2)c(Cl)c1. The molecular weight excluding hydrogens is 362 g/mol. The highest BCUT2D eigenvalue weighted by Gasteiger charge is 2.27. The van der Waals surface area contributed by atoms with Crippen molar-refractivity contribution in [1.82, 2.24) is 9.88 Å². The number of nitrogens with one attached hydrogen (secondary N) is 1. The minimum absolute atomic E-state index is 0.105. The van der Waals surface area contributed by atoms with E-state index < -0.39 is 0 Å². The van der Waals surface area contributed by atoms with Crippen molar-refractivity contribution in [2.75, 3.05) is 12.4 Å². The van der Waals surface area contributed by atoms with Crippen LogP contribution >= 0.6 is 11.6 Å². The van der Waals surface area contributed by atoms with Gasteiger partial charge in [0.25, 0.3) is 0 Å². The summed E-state index contributed by atoms with van der Waals surface area (Å²) in [6, 6.07) is 11.1. The lowest BCUT2D eigenvalue weighted by Gasteiger charge is -2.36. The van der Waals surface area contributed by atoms with Crippen molar-refractivity contribution in [2.24, 2.45) is 5.92 Å². The van der Waals surface area contributed by atoms with E-state index in [0.29, 0.717) is 29.0 Å². The van der Waals surface area contributed by atoms with Crippen LogP contribution in [0.1, 0.15) is 38.3 Å². The molecule has 0 bridgehead atoms. The second-order valence-electron chi connectivity index (χ2n) is 7.13. The Balaban J connectivity index is 1.59. The van der Waals surface area contributed by atoms with E-state index in [2.05, 4.69) is 17.2 Å². The van der Waals surface area contributed by atoms with Crippen molar-refractivity contribution >= 4 is 23.3 Å². The molecule has 5 nitrogen and oxygen atoms in total. The lowest BCUT2D eigenvalue weighted by atomic mass is 9.85. The maximum absolute atomic E-state index is 12.6. The predicted molar refractivity (Wildman–Crippen MR) is 108 cm³/mol. The summed E-state index contributed by atoms with van der Waals surface area (Å²) in [4.78, 5) is 18.6. The van der Waals surface area contributed by atoms with E-state index in [0.717, 1.165) is 12.1 Å². The van der Waals surface area contributed by atoms with E-state index in [4.69, 9.17) is 16.3 Å². The van der Waals surface area contributed by atoms with Gasteiger partial charge in [-0.25, -0.2) is 4.79 Å². The molecular formula is C21H26ClN3O2. The maximum atomic E-state index is 12.6. The third-order valence-corrected chi connectivity index (χ3v) is 5.46. The second-order valence-corrected chi connectivity index (χ2v) is 7.53. The third-order valence-electron chi connectivity index (χ3n) is 5.17. The number of carbonyl (C=O) groups excluding carboxylic acids is 1. The Labute approximate surface area is 165 Å². The van der Waals surface area contributed by atoms with E-state index in [9.17, 15) is 4.79 Å². The molecule has 0 radical (unpaired) electrons. The van der Waals surface area contributed by atoms with Gasteiger partial charge in [-0.2, -0.15) is 0 Å². The summed E-state index contributed by atoms with van der Waals surface area (Å²) >= 11 is 6.32. The molecule has 3 rings (SSSR count). The van der Waals surface area contributed by atoms with Crippen molar-refractivity contribution in [3.05, 3.63) is 53.3 Å². The molecule has 2 unspecified atom stereocenters. The Morgan fingerprint density at radius 2 is 2.11 bits per heavy atom. The molecule has 2 atom stereocenters. The summed E-state index contributed by atoms with van der Waals surface area (Å²) in [5, 5.41) is 3.39. The van der Waals surface area contributed by atoms with Gasteiger partial charge < -0.3 is 15.0 Å². The number of hydrogen-bond acceptors (Lipinski definition) is 3. The van der Waals surface area contributed by atoms with Gasteiger partial charge in [0.2, 0.25) is 0 Å². The lowest BCUT2D eigenvalue weighted by molar-refractivity contribution is 0.155. The van der Waals surface area contributed by atoms with Crippen LogP contribution in [0, 0.1) is 5.92 Å². The number of amides is 2. The monoisotopic (exact) mass is 387 g/mol. The van der Waals surface area contributed by atoms with Crippen molar-refractivity contribution in [3.63, 3.8) is 0 Å². The summed E-state index contributed by atoms with van der Waals surface area (Å²) < 4.78 is 5.72. The first-order valence-corrected chi connectivity index (χ1v) is 9.78. The lowest BCUT2D eigenvalue weighted by Crippen LogP contribution is -2.44. The molecule has 144 valence electrons. The minimum Gasteiger partial charge on any atom is -0.486 e. The molecule has 1 aromatic carbocycles. The number of hydrogen-bond donors (Lipinski definition) is 1. The Morgan fingerprint density at radius 3 is 2.81 bits per heavy atom. The van der Waals surface area contributed by atoms with Gasteiger partial charge in [-0.1, -0.05) is 37.4 Å². The van der Waals surface area contributed by atoms with Crippen molar-refractivity contribution < 1.29 is 9.53 Å². The molecule has 1 aromatic heterocycles. The average molecular weight is 388 g/mol. The average Bonchev–Trinajstić information content (AvgIpc) is 2.68. The Hall–Kier alpha value is -2.27. The Bertz CT molecular complexity index is 769. The van der Waals surface area contributed by atoms with E-state index in [1.807, 2.05) is 30.1 Å². The van der Waals surface area contributed by atoms with Gasteiger partial charge in [-0.05, 0) is 49.1 Å². The van der Waals surface area contributed by atoms with Crippen LogP contribution in [0.3, 0.4) is 0 Å². The summed E-state index contributed by atoms with van der Waals surface area (Å²) in [7, 11) is 1.87. The highest BCUT2D eigenvalue weighted by atomic mass is 35.5. The molecule has 0 aliphatic heterocycles. The zero-order chi connectivity index (χ0) is 19.2. The van der Waals surface area contributed by atoms with Crippen LogP contribution in [0.2, 0.25) is 5.02 Å². The maximum Gasteiger partial charge on any atom is 0.321 e. The zero-order valence-electron chi connectivity index (χ0n) is 15.8. The summed E-state index contributed by atoms with van der Waals surface area (Å²) in [6.45, 7) is 2.56. The Kier molecular flexibility index (Phi) is 6.56. The quantitative estimate of drug-likeness (QED) is 0.751. The summed E-state index contributed by atoms with van der Waals surface area (Å²) in [5.74, 6) is 1.09. The van der Waals surface area contributed by atoms with Gasteiger partial charge in [-0.3, -0.25) is 4.98 Å². The van der Waals surface area contributed by atoms with Gasteiger partial charge in [0.1, 0.15) is 12.4 Å². The van der Waals surface area contributed by atoms with Crippen LogP contribution in [0.4, 0.5) is 10.5 Å². The molecule has 0 saturated heterocycles. The number of urea groups is 1. The van der Waals surface area contributed by atoms with Crippen molar-refractivity contribution in [1.29, 1.82) is 0 Å². The normalized spacial score (nSPS) is 19.4. The number of benzene rings is 1. The Morgan fingerprint density at radius 1 is 1.30 bits per heavy atom. The number of ether oxygens (including phenoxy) is 1. The number of rotatable bonds is 5. The van der Waals surface area contributed by atoms with E-state index in [1.54, 1.807) is 24.4 Å². The largest absolute Gasteiger partial charge is 0.486 e. The minimum atomic E-state index is -0.105. The zero-order valence-corrected chi connectivity index (χ0v) is 16.6. The van der Waals surface area contributed by atoms with Gasteiger partial charge in [0.15, 0.2) is 0 Å². The topological polar surface area (TPSA) is 54.5 Å². The number of halogens is 1. The number of nitrogens with zero attached hydrogens (tertiary/aromatic N) is 2. The number of pyridine rings is 1. The van der Waals surface area contributed by atoms with Crippen LogP contribution in [-0.4, -0.2) is 29.0 Å². The molecule has 1 saturated carbocycles. The molecule has 1 N–H and O–H groups in total. The molecule has 2 aromatic rings. The summed E-state index contributed by atoms with van der Waals surface area (Å²) in [6.07, 6.45) is 6.40. The van der Waals surface area contributed by atoms with Crippen LogP contribution in [0.15, 0.2) is 42.6 Å². The highest BCUT2D eigenvalue weighted by molar-refractivity contribution is 6.32. The van der Waals surface area contributed by atoms with E-state index in [1.165, 1.54) is 19.3 Å². The first-order chi connectivity index (χ1) is 13.0. The third kappa shape index (κ3) is 5.13. The fourth-order valence-corrected chi connectivity index (χ4v) is 3.80. The predicted octanol–water partition coefficient (Wildman–Crippen LogP) is 5.36. The molecule has 0 spiro atoms. The number of aromatic nitrogens is 1. The fourth-order valence-electron chi connectivity index (χ4n) is 3.57. The van der Waals surface area contributed by atoms with Gasteiger partial charge >= 0.3 is 6.03 Å². The molecule has 1 fully saturated rings. The van der Waals surface area contributed by atoms with E-state index in [-0.39, 0.29) is 12.1 Å². The van der Waals surface area contributed by atoms with Crippen LogP contribution < -0.4 is 10.1 Å². The molecule has 1 aliphatic carbocycles. The summed E-state index contributed by atoms with van der Waals surface area (Å²) in [5.41, 5.74) is 1.49. The first kappa shape index (κ1) is 19.5. The first-order valence-electron chi connectivity index (χ1n) is 9.40. The van der Waals surface area contributed by atoms with Crippen molar-refractivity contribution in [2.45, 2.75) is 45.3 Å².